The van der Waals surface area contributed by atoms with Crippen molar-refractivity contribution in [3.8, 4) is 5.69 Å². The fourth-order valence-electron chi connectivity index (χ4n) is 3.34. The second-order valence-corrected chi connectivity index (χ2v) is 6.29. The fourth-order valence-corrected chi connectivity index (χ4v) is 3.34. The van der Waals surface area contributed by atoms with E-state index in [-0.39, 0.29) is 0 Å². The van der Waals surface area contributed by atoms with Gasteiger partial charge in [0.1, 0.15) is 0 Å². The van der Waals surface area contributed by atoms with Crippen LogP contribution in [0.15, 0.2) is 60.9 Å². The van der Waals surface area contributed by atoms with Crippen LogP contribution in [0.2, 0.25) is 0 Å². The second-order valence-electron chi connectivity index (χ2n) is 6.29. The first kappa shape index (κ1) is 15.8. The predicted molar refractivity (Wildman–Crippen MR) is 97.7 cm³/mol. The summed E-state index contributed by atoms with van der Waals surface area (Å²) in [5.74, 6) is 0.972. The van der Waals surface area contributed by atoms with Crippen molar-refractivity contribution in [2.75, 3.05) is 18.0 Å². The normalized spacial score (nSPS) is 17.1. The molecule has 1 aliphatic rings. The molecule has 0 unspecified atom stereocenters. The zero-order valence-electron chi connectivity index (χ0n) is 14.1. The lowest BCUT2D eigenvalue weighted by molar-refractivity contribution is 0.563. The Morgan fingerprint density at radius 1 is 1.08 bits per heavy atom. The first-order chi connectivity index (χ1) is 12.4. The van der Waals surface area contributed by atoms with Crippen LogP contribution in [0.1, 0.15) is 18.5 Å². The van der Waals surface area contributed by atoms with Crippen molar-refractivity contribution in [2.24, 2.45) is 0 Å². The van der Waals surface area contributed by atoms with Crippen LogP contribution < -0.4 is 10.2 Å². The van der Waals surface area contributed by atoms with E-state index in [1.165, 1.54) is 12.8 Å². The standard InChI is InChI=1S/C19H22N6/c1-2-6-17(7-3-1)25-13-10-16(23-25)14-20-15-18-8-5-12-24(18)19-9-4-11-21-22-19/h1-4,6-7,9-11,13,18,20H,5,8,12,14-15H2/t18-/m1/s1. The maximum Gasteiger partial charge on any atom is 0.151 e. The Hall–Kier alpha value is -2.73. The van der Waals surface area contributed by atoms with E-state index in [1.807, 2.05) is 41.2 Å². The average molecular weight is 334 g/mol. The third kappa shape index (κ3) is 3.69. The topological polar surface area (TPSA) is 58.9 Å². The van der Waals surface area contributed by atoms with Crippen LogP contribution in [0.4, 0.5) is 5.82 Å². The smallest absolute Gasteiger partial charge is 0.151 e. The summed E-state index contributed by atoms with van der Waals surface area (Å²) in [6.07, 6.45) is 6.11. The van der Waals surface area contributed by atoms with E-state index in [9.17, 15) is 0 Å². The van der Waals surface area contributed by atoms with E-state index >= 15 is 0 Å². The minimum absolute atomic E-state index is 0.466. The molecule has 1 fully saturated rings. The van der Waals surface area contributed by atoms with Crippen molar-refractivity contribution in [3.63, 3.8) is 0 Å². The van der Waals surface area contributed by atoms with Gasteiger partial charge in [-0.3, -0.25) is 0 Å². The summed E-state index contributed by atoms with van der Waals surface area (Å²) < 4.78 is 1.92. The molecule has 0 spiro atoms. The molecule has 1 atom stereocenters. The number of hydrogen-bond acceptors (Lipinski definition) is 5. The van der Waals surface area contributed by atoms with E-state index in [0.29, 0.717) is 6.04 Å². The lowest BCUT2D eigenvalue weighted by Crippen LogP contribution is -2.38. The van der Waals surface area contributed by atoms with Crippen LogP contribution in [-0.4, -0.2) is 39.1 Å². The summed E-state index contributed by atoms with van der Waals surface area (Å²) >= 11 is 0. The van der Waals surface area contributed by atoms with Crippen LogP contribution in [0.25, 0.3) is 5.69 Å². The van der Waals surface area contributed by atoms with E-state index in [0.717, 1.165) is 36.8 Å². The van der Waals surface area contributed by atoms with Gasteiger partial charge in [-0.1, -0.05) is 18.2 Å². The lowest BCUT2D eigenvalue weighted by atomic mass is 10.2. The Kier molecular flexibility index (Phi) is 4.70. The predicted octanol–water partition coefficient (Wildman–Crippen LogP) is 2.42. The van der Waals surface area contributed by atoms with Gasteiger partial charge in [-0.25, -0.2) is 4.68 Å². The third-order valence-corrected chi connectivity index (χ3v) is 4.58. The highest BCUT2D eigenvalue weighted by molar-refractivity contribution is 5.39. The van der Waals surface area contributed by atoms with Gasteiger partial charge >= 0.3 is 0 Å². The Morgan fingerprint density at radius 2 is 2.00 bits per heavy atom. The van der Waals surface area contributed by atoms with Crippen LogP contribution in [0.3, 0.4) is 0 Å². The summed E-state index contributed by atoms with van der Waals surface area (Å²) in [4.78, 5) is 2.35. The Balaban J connectivity index is 1.33. The highest BCUT2D eigenvalue weighted by Gasteiger charge is 2.25. The fraction of sp³-hybridized carbons (Fsp3) is 0.316. The molecule has 1 aliphatic heterocycles. The molecule has 2 aromatic heterocycles. The minimum atomic E-state index is 0.466. The molecule has 4 rings (SSSR count). The van der Waals surface area contributed by atoms with Crippen LogP contribution >= 0.6 is 0 Å². The monoisotopic (exact) mass is 334 g/mol. The Bertz CT molecular complexity index is 786. The number of aromatic nitrogens is 4. The maximum absolute atomic E-state index is 4.64. The van der Waals surface area contributed by atoms with Crippen LogP contribution in [0.5, 0.6) is 0 Å². The summed E-state index contributed by atoms with van der Waals surface area (Å²) in [5.41, 5.74) is 2.13. The van der Waals surface area contributed by atoms with Gasteiger partial charge in [0.25, 0.3) is 0 Å². The van der Waals surface area contributed by atoms with Crippen LogP contribution in [-0.2, 0) is 6.54 Å². The summed E-state index contributed by atoms with van der Waals surface area (Å²) in [6, 6.07) is 16.7. The van der Waals surface area contributed by atoms with E-state index in [4.69, 9.17) is 0 Å². The largest absolute Gasteiger partial charge is 0.351 e. The first-order valence-corrected chi connectivity index (χ1v) is 8.75. The molecule has 0 saturated carbocycles. The first-order valence-electron chi connectivity index (χ1n) is 8.75. The van der Waals surface area contributed by atoms with Gasteiger partial charge in [-0.2, -0.15) is 10.2 Å². The van der Waals surface area contributed by atoms with Crippen molar-refractivity contribution in [2.45, 2.75) is 25.4 Å². The molecule has 0 bridgehead atoms. The molecule has 1 saturated heterocycles. The van der Waals surface area contributed by atoms with Gasteiger partial charge < -0.3 is 10.2 Å². The highest BCUT2D eigenvalue weighted by Crippen LogP contribution is 2.22. The molecule has 128 valence electrons. The summed E-state index contributed by atoms with van der Waals surface area (Å²) in [7, 11) is 0. The van der Waals surface area contributed by atoms with Crippen molar-refractivity contribution in [3.05, 3.63) is 66.6 Å². The molecule has 25 heavy (non-hydrogen) atoms. The minimum Gasteiger partial charge on any atom is -0.351 e. The van der Waals surface area contributed by atoms with Crippen molar-refractivity contribution >= 4 is 5.82 Å². The van der Waals surface area contributed by atoms with Crippen molar-refractivity contribution in [1.29, 1.82) is 0 Å². The molecule has 3 heterocycles. The molecule has 0 aliphatic carbocycles. The quantitative estimate of drug-likeness (QED) is 0.750. The van der Waals surface area contributed by atoms with Gasteiger partial charge in [0.15, 0.2) is 5.82 Å². The van der Waals surface area contributed by atoms with E-state index < -0.39 is 0 Å². The zero-order chi connectivity index (χ0) is 16.9. The molecule has 1 aromatic carbocycles. The highest BCUT2D eigenvalue weighted by atomic mass is 15.3. The van der Waals surface area contributed by atoms with Gasteiger partial charge in [0.2, 0.25) is 0 Å². The van der Waals surface area contributed by atoms with Gasteiger partial charge in [-0.05, 0) is 43.2 Å². The molecule has 1 N–H and O–H groups in total. The molecular formula is C19H22N6. The molecule has 6 nitrogen and oxygen atoms in total. The van der Waals surface area contributed by atoms with E-state index in [2.05, 4.69) is 43.7 Å². The van der Waals surface area contributed by atoms with Gasteiger partial charge in [0.05, 0.1) is 11.4 Å². The van der Waals surface area contributed by atoms with Crippen molar-refractivity contribution in [1.82, 2.24) is 25.3 Å². The number of benzene rings is 1. The third-order valence-electron chi connectivity index (χ3n) is 4.58. The molecule has 3 aromatic rings. The number of rotatable bonds is 6. The van der Waals surface area contributed by atoms with Crippen LogP contribution in [0, 0.1) is 0 Å². The number of anilines is 1. The molecule has 6 heteroatoms. The van der Waals surface area contributed by atoms with E-state index in [1.54, 1.807) is 6.20 Å². The zero-order valence-corrected chi connectivity index (χ0v) is 14.1. The number of nitrogens with zero attached hydrogens (tertiary/aromatic N) is 5. The average Bonchev–Trinajstić information content (AvgIpc) is 3.33. The lowest BCUT2D eigenvalue weighted by Gasteiger charge is -2.25. The maximum atomic E-state index is 4.64. The van der Waals surface area contributed by atoms with Gasteiger partial charge in [0, 0.05) is 38.1 Å². The summed E-state index contributed by atoms with van der Waals surface area (Å²) in [6.45, 7) is 2.74. The summed E-state index contributed by atoms with van der Waals surface area (Å²) in [5, 5.41) is 16.4. The van der Waals surface area contributed by atoms with Crippen molar-refractivity contribution < 1.29 is 0 Å². The van der Waals surface area contributed by atoms with Gasteiger partial charge in [-0.15, -0.1) is 5.10 Å². The Morgan fingerprint density at radius 3 is 2.84 bits per heavy atom. The molecule has 0 amide bonds. The SMILES string of the molecule is c1ccc(-n2ccc(CNC[C@H]3CCCN3c3cccnn3)n2)cc1. The molecule has 0 radical (unpaired) electrons. The second kappa shape index (κ2) is 7.44. The number of hydrogen-bond donors (Lipinski definition) is 1. The number of para-hydroxylation sites is 1. The Labute approximate surface area is 147 Å². The molecular weight excluding hydrogens is 312 g/mol. The number of nitrogens with one attached hydrogen (secondary N) is 1.